The molecule has 1 N–H and O–H groups in total. The van der Waals surface area contributed by atoms with Gasteiger partial charge < -0.3 is 14.2 Å². The summed E-state index contributed by atoms with van der Waals surface area (Å²) >= 11 is 0. The van der Waals surface area contributed by atoms with E-state index in [1.807, 2.05) is 28.8 Å². The van der Waals surface area contributed by atoms with Crippen LogP contribution in [-0.4, -0.2) is 46.7 Å². The number of hydrogen-bond donors (Lipinski definition) is 1. The Hall–Kier alpha value is -2.08. The Kier molecular flexibility index (Phi) is 4.29. The van der Waals surface area contributed by atoms with E-state index in [0.29, 0.717) is 5.62 Å². The number of imidazole rings is 1. The van der Waals surface area contributed by atoms with Gasteiger partial charge in [-0.25, -0.2) is 0 Å². The van der Waals surface area contributed by atoms with Crippen molar-refractivity contribution in [3.05, 3.63) is 29.9 Å². The van der Waals surface area contributed by atoms with E-state index in [0.717, 1.165) is 37.2 Å². The molecule has 0 amide bonds. The molecule has 2 heterocycles. The van der Waals surface area contributed by atoms with E-state index in [2.05, 4.69) is 4.90 Å². The van der Waals surface area contributed by atoms with E-state index < -0.39 is 0 Å². The predicted molar refractivity (Wildman–Crippen MR) is 83.5 cm³/mol. The average molecular weight is 302 g/mol. The maximum absolute atomic E-state index is 11.6. The number of para-hydroxylation sites is 2. The summed E-state index contributed by atoms with van der Waals surface area (Å²) in [5.74, 6) is -0.332. The van der Waals surface area contributed by atoms with Crippen molar-refractivity contribution in [1.29, 1.82) is 5.41 Å². The van der Waals surface area contributed by atoms with Gasteiger partial charge in [0.2, 0.25) is 5.62 Å². The van der Waals surface area contributed by atoms with Crippen molar-refractivity contribution in [1.82, 2.24) is 14.0 Å². The number of carbonyl (C=O) groups excluding carboxylic acids is 1. The van der Waals surface area contributed by atoms with Crippen LogP contribution >= 0.6 is 0 Å². The molecule has 0 unspecified atom stereocenters. The van der Waals surface area contributed by atoms with Crippen molar-refractivity contribution >= 4 is 17.0 Å². The highest BCUT2D eigenvalue weighted by Gasteiger charge is 2.15. The van der Waals surface area contributed by atoms with Gasteiger partial charge in [0.05, 0.1) is 18.1 Å². The van der Waals surface area contributed by atoms with Gasteiger partial charge in [0.1, 0.15) is 6.54 Å². The molecule has 3 rings (SSSR count). The van der Waals surface area contributed by atoms with Crippen LogP contribution in [0.5, 0.6) is 0 Å². The molecule has 6 heteroatoms. The monoisotopic (exact) mass is 302 g/mol. The lowest BCUT2D eigenvalue weighted by Crippen LogP contribution is -2.31. The van der Waals surface area contributed by atoms with Gasteiger partial charge in [0, 0.05) is 13.1 Å². The Balaban J connectivity index is 1.93. The number of likely N-dealkylation sites (tertiary alicyclic amines) is 1. The summed E-state index contributed by atoms with van der Waals surface area (Å²) in [4.78, 5) is 14.0. The number of benzene rings is 1. The molecule has 22 heavy (non-hydrogen) atoms. The van der Waals surface area contributed by atoms with E-state index in [4.69, 9.17) is 10.1 Å². The Morgan fingerprint density at radius 2 is 1.77 bits per heavy atom. The lowest BCUT2D eigenvalue weighted by Gasteiger charge is -2.15. The first-order valence-corrected chi connectivity index (χ1v) is 7.72. The number of hydrogen-bond acceptors (Lipinski definition) is 4. The Morgan fingerprint density at radius 1 is 1.14 bits per heavy atom. The first-order valence-electron chi connectivity index (χ1n) is 7.72. The number of carbonyl (C=O) groups is 1. The van der Waals surface area contributed by atoms with Crippen LogP contribution in [0.1, 0.15) is 12.8 Å². The molecule has 1 aromatic heterocycles. The summed E-state index contributed by atoms with van der Waals surface area (Å²) in [5, 5.41) is 8.42. The predicted octanol–water partition coefficient (Wildman–Crippen LogP) is 1.19. The zero-order valence-electron chi connectivity index (χ0n) is 12.9. The molecular formula is C16H22N4O2. The third-order valence-corrected chi connectivity index (χ3v) is 4.33. The van der Waals surface area contributed by atoms with Gasteiger partial charge in [-0.3, -0.25) is 14.8 Å². The van der Waals surface area contributed by atoms with Crippen LogP contribution < -0.4 is 5.62 Å². The molecule has 0 saturated carbocycles. The molecule has 1 aliphatic heterocycles. The molecule has 1 fully saturated rings. The zero-order valence-corrected chi connectivity index (χ0v) is 12.9. The lowest BCUT2D eigenvalue weighted by molar-refractivity contribution is -0.141. The Morgan fingerprint density at radius 3 is 2.41 bits per heavy atom. The smallest absolute Gasteiger partial charge is 0.325 e. The first kappa shape index (κ1) is 14.8. The highest BCUT2D eigenvalue weighted by molar-refractivity contribution is 5.78. The molecule has 118 valence electrons. The fourth-order valence-electron chi connectivity index (χ4n) is 3.12. The van der Waals surface area contributed by atoms with Gasteiger partial charge >= 0.3 is 5.97 Å². The van der Waals surface area contributed by atoms with Gasteiger partial charge in [-0.15, -0.1) is 0 Å². The van der Waals surface area contributed by atoms with E-state index in [1.165, 1.54) is 20.0 Å². The minimum Gasteiger partial charge on any atom is -0.468 e. The minimum absolute atomic E-state index is 0.0760. The molecule has 1 saturated heterocycles. The third kappa shape index (κ3) is 2.78. The molecule has 6 nitrogen and oxygen atoms in total. The normalized spacial score (nSPS) is 15.5. The van der Waals surface area contributed by atoms with Gasteiger partial charge in [0.25, 0.3) is 0 Å². The topological polar surface area (TPSA) is 63.2 Å². The van der Waals surface area contributed by atoms with Crippen molar-refractivity contribution in [3.63, 3.8) is 0 Å². The second-order valence-electron chi connectivity index (χ2n) is 5.67. The minimum atomic E-state index is -0.332. The van der Waals surface area contributed by atoms with Gasteiger partial charge in [-0.05, 0) is 38.1 Å². The summed E-state index contributed by atoms with van der Waals surface area (Å²) < 4.78 is 8.44. The number of ether oxygens (including phenoxy) is 1. The maximum atomic E-state index is 11.6. The summed E-state index contributed by atoms with van der Waals surface area (Å²) in [6, 6.07) is 7.85. The number of nitrogens with one attached hydrogen (secondary N) is 1. The summed E-state index contributed by atoms with van der Waals surface area (Å²) in [6.07, 6.45) is 2.53. The number of fused-ring (bicyclic) bond motifs is 1. The lowest BCUT2D eigenvalue weighted by atomic mass is 10.3. The first-order chi connectivity index (χ1) is 10.7. The number of esters is 1. The van der Waals surface area contributed by atoms with Crippen LogP contribution in [0.4, 0.5) is 0 Å². The molecular weight excluding hydrogens is 280 g/mol. The summed E-state index contributed by atoms with van der Waals surface area (Å²) in [5.41, 5.74) is 2.25. The zero-order chi connectivity index (χ0) is 15.5. The van der Waals surface area contributed by atoms with Crippen molar-refractivity contribution in [2.24, 2.45) is 0 Å². The largest absolute Gasteiger partial charge is 0.468 e. The summed E-state index contributed by atoms with van der Waals surface area (Å²) in [7, 11) is 1.37. The van der Waals surface area contributed by atoms with Crippen LogP contribution in [0.3, 0.4) is 0 Å². The fourth-order valence-corrected chi connectivity index (χ4v) is 3.12. The van der Waals surface area contributed by atoms with E-state index in [1.54, 1.807) is 4.57 Å². The Bertz CT molecular complexity index is 725. The molecule has 1 aliphatic rings. The summed E-state index contributed by atoms with van der Waals surface area (Å²) in [6.45, 7) is 4.09. The maximum Gasteiger partial charge on any atom is 0.325 e. The Labute approximate surface area is 129 Å². The number of methoxy groups -OCH3 is 1. The number of nitrogens with zero attached hydrogens (tertiary/aromatic N) is 3. The van der Waals surface area contributed by atoms with Gasteiger partial charge in [0.15, 0.2) is 0 Å². The van der Waals surface area contributed by atoms with Crippen LogP contribution in [0.2, 0.25) is 0 Å². The second-order valence-corrected chi connectivity index (χ2v) is 5.67. The molecule has 0 radical (unpaired) electrons. The fraction of sp³-hybridized carbons (Fsp3) is 0.500. The molecule has 0 atom stereocenters. The quantitative estimate of drug-likeness (QED) is 0.844. The third-order valence-electron chi connectivity index (χ3n) is 4.33. The highest BCUT2D eigenvalue weighted by Crippen LogP contribution is 2.14. The van der Waals surface area contributed by atoms with Crippen molar-refractivity contribution in [2.45, 2.75) is 25.9 Å². The van der Waals surface area contributed by atoms with Gasteiger partial charge in [-0.2, -0.15) is 0 Å². The van der Waals surface area contributed by atoms with E-state index >= 15 is 0 Å². The van der Waals surface area contributed by atoms with Gasteiger partial charge in [-0.1, -0.05) is 12.1 Å². The van der Waals surface area contributed by atoms with E-state index in [9.17, 15) is 4.79 Å². The van der Waals surface area contributed by atoms with Crippen molar-refractivity contribution in [3.8, 4) is 0 Å². The van der Waals surface area contributed by atoms with E-state index in [-0.39, 0.29) is 12.5 Å². The average Bonchev–Trinajstić information content (AvgIpc) is 3.14. The van der Waals surface area contributed by atoms with Crippen molar-refractivity contribution in [2.75, 3.05) is 26.7 Å². The number of aromatic nitrogens is 2. The van der Waals surface area contributed by atoms with Crippen LogP contribution in [-0.2, 0) is 22.6 Å². The molecule has 0 bridgehead atoms. The second kappa shape index (κ2) is 6.36. The molecule has 1 aromatic carbocycles. The van der Waals surface area contributed by atoms with Crippen LogP contribution in [0.25, 0.3) is 11.0 Å². The standard InChI is InChI=1S/C16H22N4O2/c1-22-15(21)12-20-14-7-3-2-6-13(14)19(16(20)17)11-10-18-8-4-5-9-18/h2-3,6-7,17H,4-5,8-12H2,1H3. The van der Waals surface area contributed by atoms with Crippen molar-refractivity contribution < 1.29 is 9.53 Å². The van der Waals surface area contributed by atoms with Crippen LogP contribution in [0, 0.1) is 5.41 Å². The SMILES string of the molecule is COC(=O)Cn1c(=N)n(CCN2CCCC2)c2ccccc21. The number of rotatable bonds is 5. The van der Waals surface area contributed by atoms with Crippen LogP contribution in [0.15, 0.2) is 24.3 Å². The highest BCUT2D eigenvalue weighted by atomic mass is 16.5. The molecule has 0 spiro atoms. The molecule has 2 aromatic rings. The molecule has 0 aliphatic carbocycles.